The van der Waals surface area contributed by atoms with Crippen LogP contribution in [-0.2, 0) is 19.6 Å². The van der Waals surface area contributed by atoms with Crippen LogP contribution in [0.1, 0.15) is 5.56 Å². The van der Waals surface area contributed by atoms with Gasteiger partial charge >= 0.3 is 5.97 Å². The minimum atomic E-state index is -4.25. The molecule has 0 radical (unpaired) electrons. The molecule has 0 N–H and O–H groups in total. The van der Waals surface area contributed by atoms with Crippen molar-refractivity contribution < 1.29 is 17.9 Å². The predicted octanol–water partition coefficient (Wildman–Crippen LogP) is 4.50. The zero-order chi connectivity index (χ0) is 27.4. The van der Waals surface area contributed by atoms with Gasteiger partial charge in [0.15, 0.2) is 0 Å². The topological polar surface area (TPSA) is 109 Å². The Bertz CT molecular complexity index is 1610. The number of carbonyl (C=O) groups is 1. The summed E-state index contributed by atoms with van der Waals surface area (Å²) in [5.41, 5.74) is 1.44. The van der Waals surface area contributed by atoms with E-state index in [0.29, 0.717) is 23.3 Å². The highest BCUT2D eigenvalue weighted by Gasteiger charge is 2.29. The number of benzene rings is 2. The Labute approximate surface area is 230 Å². The fourth-order valence-corrected chi connectivity index (χ4v) is 5.83. The van der Waals surface area contributed by atoms with Crippen molar-refractivity contribution in [1.29, 1.82) is 5.26 Å². The number of ether oxygens (including phenoxy) is 1. The number of nitriles is 1. The Balaban J connectivity index is 1.73. The zero-order valence-electron chi connectivity index (χ0n) is 20.5. The average Bonchev–Trinajstić information content (AvgIpc) is 3.29. The van der Waals surface area contributed by atoms with Crippen molar-refractivity contribution in [2.75, 3.05) is 38.1 Å². The fourth-order valence-electron chi connectivity index (χ4n) is 3.70. The third kappa shape index (κ3) is 6.09. The smallest absolute Gasteiger partial charge is 0.326 e. The van der Waals surface area contributed by atoms with Gasteiger partial charge in [0.25, 0.3) is 10.0 Å². The van der Waals surface area contributed by atoms with Crippen molar-refractivity contribution in [3.8, 4) is 11.9 Å². The molecule has 196 valence electrons. The van der Waals surface area contributed by atoms with Crippen molar-refractivity contribution >= 4 is 55.8 Å². The first kappa shape index (κ1) is 27.4. The average molecular weight is 572 g/mol. The van der Waals surface area contributed by atoms with Crippen molar-refractivity contribution in [1.82, 2.24) is 14.5 Å². The lowest BCUT2D eigenvalue weighted by atomic mass is 10.2. The van der Waals surface area contributed by atoms with Gasteiger partial charge in [-0.05, 0) is 68.7 Å². The lowest BCUT2D eigenvalue weighted by molar-refractivity contribution is -0.142. The Morgan fingerprint density at radius 3 is 2.45 bits per heavy atom. The van der Waals surface area contributed by atoms with Crippen LogP contribution in [0.15, 0.2) is 71.9 Å². The molecule has 2 aromatic heterocycles. The largest absolute Gasteiger partial charge is 0.463 e. The van der Waals surface area contributed by atoms with E-state index in [0.717, 1.165) is 9.82 Å². The predicted molar refractivity (Wildman–Crippen MR) is 146 cm³/mol. The molecule has 0 aliphatic carbocycles. The van der Waals surface area contributed by atoms with E-state index in [1.807, 2.05) is 29.6 Å². The molecule has 0 fully saturated rings. The minimum Gasteiger partial charge on any atom is -0.463 e. The van der Waals surface area contributed by atoms with Gasteiger partial charge in [-0.15, -0.1) is 0 Å². The standard InChI is InChI=1S/C26H23Cl2N5O4S/c1-31(2)9-10-37-26(34)17-33(38(35,36)23-13-20(27)12-21(28)14-23)22-4-5-24-19(11-22)7-8-32(24)25-6-3-18(15-29)16-30-25/h3-8,11-14,16H,9-10,17H2,1-2H3. The van der Waals surface area contributed by atoms with Crippen LogP contribution in [0.4, 0.5) is 5.69 Å². The lowest BCUT2D eigenvalue weighted by Crippen LogP contribution is -2.37. The van der Waals surface area contributed by atoms with Gasteiger partial charge in [-0.25, -0.2) is 13.4 Å². The summed E-state index contributed by atoms with van der Waals surface area (Å²) in [7, 11) is -0.583. The Kier molecular flexibility index (Phi) is 8.23. The highest BCUT2D eigenvalue weighted by Crippen LogP contribution is 2.31. The summed E-state index contributed by atoms with van der Waals surface area (Å²) in [4.78, 5) is 18.7. The number of pyridine rings is 1. The van der Waals surface area contributed by atoms with E-state index in [9.17, 15) is 13.2 Å². The molecule has 0 saturated carbocycles. The Hall–Kier alpha value is -3.62. The first-order valence-corrected chi connectivity index (χ1v) is 13.5. The molecule has 0 aliphatic rings. The highest BCUT2D eigenvalue weighted by molar-refractivity contribution is 7.92. The summed E-state index contributed by atoms with van der Waals surface area (Å²) in [5.74, 6) is -0.114. The third-order valence-corrected chi connectivity index (χ3v) is 7.77. The molecule has 0 unspecified atom stereocenters. The van der Waals surface area contributed by atoms with E-state index in [4.69, 9.17) is 33.2 Å². The first-order valence-electron chi connectivity index (χ1n) is 11.4. The molecule has 12 heteroatoms. The van der Waals surface area contributed by atoms with Gasteiger partial charge < -0.3 is 14.2 Å². The van der Waals surface area contributed by atoms with E-state index in [-0.39, 0.29) is 27.2 Å². The van der Waals surface area contributed by atoms with E-state index in [1.165, 1.54) is 24.4 Å². The van der Waals surface area contributed by atoms with Crippen molar-refractivity contribution in [2.24, 2.45) is 0 Å². The molecule has 0 spiro atoms. The highest BCUT2D eigenvalue weighted by atomic mass is 35.5. The van der Waals surface area contributed by atoms with Gasteiger partial charge in [-0.1, -0.05) is 23.2 Å². The maximum Gasteiger partial charge on any atom is 0.326 e. The maximum atomic E-state index is 13.7. The number of likely N-dealkylation sites (N-methyl/N-ethyl adjacent to an activating group) is 1. The molecule has 2 heterocycles. The summed E-state index contributed by atoms with van der Waals surface area (Å²) >= 11 is 12.2. The molecule has 4 aromatic rings. The molecule has 38 heavy (non-hydrogen) atoms. The van der Waals surface area contributed by atoms with E-state index < -0.39 is 22.5 Å². The van der Waals surface area contributed by atoms with Crippen LogP contribution in [0, 0.1) is 11.3 Å². The van der Waals surface area contributed by atoms with Crippen molar-refractivity contribution in [2.45, 2.75) is 4.90 Å². The van der Waals surface area contributed by atoms with Crippen LogP contribution in [0.25, 0.3) is 16.7 Å². The molecule has 0 saturated heterocycles. The van der Waals surface area contributed by atoms with Crippen LogP contribution < -0.4 is 4.31 Å². The number of carbonyl (C=O) groups excluding carboxylic acids is 1. The second-order valence-electron chi connectivity index (χ2n) is 8.59. The van der Waals surface area contributed by atoms with Crippen LogP contribution in [0.3, 0.4) is 0 Å². The van der Waals surface area contributed by atoms with E-state index >= 15 is 0 Å². The third-order valence-electron chi connectivity index (χ3n) is 5.58. The van der Waals surface area contributed by atoms with Gasteiger partial charge in [-0.2, -0.15) is 5.26 Å². The minimum absolute atomic E-state index is 0.113. The summed E-state index contributed by atoms with van der Waals surface area (Å²) in [6.45, 7) is 0.0523. The van der Waals surface area contributed by atoms with E-state index in [1.54, 1.807) is 42.6 Å². The number of esters is 1. The van der Waals surface area contributed by atoms with Gasteiger partial charge in [0.05, 0.1) is 21.7 Å². The number of sulfonamides is 1. The Morgan fingerprint density at radius 2 is 1.82 bits per heavy atom. The molecule has 0 amide bonds. The zero-order valence-corrected chi connectivity index (χ0v) is 22.8. The van der Waals surface area contributed by atoms with Crippen LogP contribution in [-0.4, -0.2) is 62.6 Å². The number of fused-ring (bicyclic) bond motifs is 1. The Morgan fingerprint density at radius 1 is 1.08 bits per heavy atom. The molecule has 0 bridgehead atoms. The molecule has 0 aliphatic heterocycles. The molecular weight excluding hydrogens is 549 g/mol. The number of aromatic nitrogens is 2. The van der Waals surface area contributed by atoms with Gasteiger partial charge in [-0.3, -0.25) is 9.10 Å². The summed E-state index contributed by atoms with van der Waals surface area (Å²) in [5, 5.41) is 10.0. The number of halogens is 2. The molecule has 9 nitrogen and oxygen atoms in total. The van der Waals surface area contributed by atoms with Crippen LogP contribution in [0.5, 0.6) is 0 Å². The van der Waals surface area contributed by atoms with Crippen LogP contribution in [0.2, 0.25) is 10.0 Å². The SMILES string of the molecule is CN(C)CCOC(=O)CN(c1ccc2c(ccn2-c2ccc(C#N)cn2)c1)S(=O)(=O)c1cc(Cl)cc(Cl)c1. The van der Waals surface area contributed by atoms with Crippen molar-refractivity contribution in [3.05, 3.63) is 82.6 Å². The fraction of sp³-hybridized carbons (Fsp3) is 0.192. The molecular formula is C26H23Cl2N5O4S. The van der Waals surface area contributed by atoms with E-state index in [2.05, 4.69) is 4.98 Å². The number of anilines is 1. The molecule has 2 aromatic carbocycles. The van der Waals surface area contributed by atoms with Gasteiger partial charge in [0, 0.05) is 34.4 Å². The summed E-state index contributed by atoms with van der Waals surface area (Å²) in [6.07, 6.45) is 3.26. The number of nitrogens with zero attached hydrogens (tertiary/aromatic N) is 5. The summed E-state index contributed by atoms with van der Waals surface area (Å²) < 4.78 is 35.5. The molecule has 4 rings (SSSR count). The molecule has 0 atom stereocenters. The lowest BCUT2D eigenvalue weighted by Gasteiger charge is -2.24. The first-order chi connectivity index (χ1) is 18.1. The summed E-state index contributed by atoms with van der Waals surface area (Å²) in [6, 6.07) is 16.2. The van der Waals surface area contributed by atoms with Gasteiger partial charge in [0.1, 0.15) is 25.0 Å². The quantitative estimate of drug-likeness (QED) is 0.272. The normalized spacial score (nSPS) is 11.5. The second-order valence-corrected chi connectivity index (χ2v) is 11.3. The number of rotatable bonds is 9. The monoisotopic (exact) mass is 571 g/mol. The van der Waals surface area contributed by atoms with Crippen molar-refractivity contribution in [3.63, 3.8) is 0 Å². The second kappa shape index (κ2) is 11.4. The number of hydrogen-bond donors (Lipinski definition) is 0. The maximum absolute atomic E-state index is 13.7. The van der Waals surface area contributed by atoms with Gasteiger partial charge in [0.2, 0.25) is 0 Å². The van der Waals surface area contributed by atoms with Crippen LogP contribution >= 0.6 is 23.2 Å². The number of hydrogen-bond acceptors (Lipinski definition) is 7.